The molecule has 1 aromatic carbocycles. The molecule has 1 fully saturated rings. The Hall–Kier alpha value is -0.620. The molecule has 2 rings (SSSR count). The van der Waals surface area contributed by atoms with Crippen LogP contribution in [0.2, 0.25) is 0 Å². The molecular formula is C14H19BrO4. The van der Waals surface area contributed by atoms with E-state index in [1.54, 1.807) is 7.11 Å². The Morgan fingerprint density at radius 3 is 2.95 bits per heavy atom. The molecule has 0 spiro atoms. The minimum atomic E-state index is -0.0584. The van der Waals surface area contributed by atoms with Crippen molar-refractivity contribution < 1.29 is 18.9 Å². The van der Waals surface area contributed by atoms with Gasteiger partial charge in [0.1, 0.15) is 5.75 Å². The average molecular weight is 331 g/mol. The molecule has 19 heavy (non-hydrogen) atoms. The van der Waals surface area contributed by atoms with Gasteiger partial charge in [0.15, 0.2) is 13.1 Å². The number of methoxy groups -OCH3 is 1. The first-order chi connectivity index (χ1) is 9.29. The predicted octanol–water partition coefficient (Wildman–Crippen LogP) is 3.48. The molecule has 0 radical (unpaired) electrons. The molecule has 0 N–H and O–H groups in total. The van der Waals surface area contributed by atoms with Gasteiger partial charge >= 0.3 is 0 Å². The van der Waals surface area contributed by atoms with E-state index in [1.807, 2.05) is 18.2 Å². The summed E-state index contributed by atoms with van der Waals surface area (Å²) in [7, 11) is 1.60. The molecule has 0 aromatic heterocycles. The van der Waals surface area contributed by atoms with Crippen LogP contribution in [0.5, 0.6) is 5.75 Å². The second kappa shape index (κ2) is 7.85. The van der Waals surface area contributed by atoms with E-state index in [-0.39, 0.29) is 13.1 Å². The summed E-state index contributed by atoms with van der Waals surface area (Å²) in [5.74, 6) is 0.763. The minimum absolute atomic E-state index is 0.0584. The molecular weight excluding hydrogens is 312 g/mol. The van der Waals surface area contributed by atoms with E-state index in [0.29, 0.717) is 6.61 Å². The topological polar surface area (TPSA) is 36.9 Å². The molecule has 1 saturated heterocycles. The molecule has 0 amide bonds. The summed E-state index contributed by atoms with van der Waals surface area (Å²) in [6, 6.07) is 5.88. The molecule has 0 bridgehead atoms. The van der Waals surface area contributed by atoms with Crippen LogP contribution < -0.4 is 4.74 Å². The summed E-state index contributed by atoms with van der Waals surface area (Å²) in [5.41, 5.74) is 1.09. The molecule has 1 aromatic rings. The summed E-state index contributed by atoms with van der Waals surface area (Å²) in [6.45, 7) is 1.59. The molecule has 1 heterocycles. The fourth-order valence-electron chi connectivity index (χ4n) is 1.91. The highest BCUT2D eigenvalue weighted by Gasteiger charge is 2.14. The molecule has 1 unspecified atom stereocenters. The Morgan fingerprint density at radius 1 is 1.37 bits per heavy atom. The molecule has 1 aliphatic rings. The smallest absolute Gasteiger partial charge is 0.188 e. The van der Waals surface area contributed by atoms with Crippen molar-refractivity contribution in [2.24, 2.45) is 0 Å². The van der Waals surface area contributed by atoms with Crippen molar-refractivity contribution in [3.05, 3.63) is 28.2 Å². The number of hydrogen-bond donors (Lipinski definition) is 0. The number of hydrogen-bond acceptors (Lipinski definition) is 4. The highest BCUT2D eigenvalue weighted by atomic mass is 79.9. The second-order valence-electron chi connectivity index (χ2n) is 4.42. The lowest BCUT2D eigenvalue weighted by atomic mass is 10.2. The first-order valence-electron chi connectivity index (χ1n) is 6.43. The molecule has 4 nitrogen and oxygen atoms in total. The van der Waals surface area contributed by atoms with Crippen molar-refractivity contribution in [2.75, 3.05) is 20.5 Å². The third-order valence-electron chi connectivity index (χ3n) is 2.90. The molecule has 5 heteroatoms. The number of rotatable bonds is 6. The van der Waals surface area contributed by atoms with Gasteiger partial charge in [-0.2, -0.15) is 0 Å². The normalized spacial score (nSPS) is 19.4. The standard InChI is InChI=1S/C14H19BrO4/c1-16-10-19-13-6-5-11(8-12(13)15)9-18-14-4-2-3-7-17-14/h5-6,8,14H,2-4,7,9-10H2,1H3. The van der Waals surface area contributed by atoms with E-state index >= 15 is 0 Å². The van der Waals surface area contributed by atoms with Gasteiger partial charge in [0.05, 0.1) is 11.1 Å². The second-order valence-corrected chi connectivity index (χ2v) is 5.28. The Balaban J connectivity index is 1.84. The summed E-state index contributed by atoms with van der Waals surface area (Å²) in [4.78, 5) is 0. The number of ether oxygens (including phenoxy) is 4. The Bertz CT molecular complexity index is 391. The summed E-state index contributed by atoms with van der Waals surface area (Å²) in [6.07, 6.45) is 3.24. The van der Waals surface area contributed by atoms with Gasteiger partial charge in [-0.3, -0.25) is 0 Å². The van der Waals surface area contributed by atoms with Crippen LogP contribution in [0.4, 0.5) is 0 Å². The maximum atomic E-state index is 5.74. The van der Waals surface area contributed by atoms with Gasteiger partial charge in [0, 0.05) is 13.7 Å². The van der Waals surface area contributed by atoms with Gasteiger partial charge in [-0.25, -0.2) is 0 Å². The van der Waals surface area contributed by atoms with Gasteiger partial charge in [0.2, 0.25) is 0 Å². The van der Waals surface area contributed by atoms with Crippen molar-refractivity contribution in [3.8, 4) is 5.75 Å². The molecule has 1 aliphatic heterocycles. The Morgan fingerprint density at radius 2 is 2.26 bits per heavy atom. The number of benzene rings is 1. The van der Waals surface area contributed by atoms with Gasteiger partial charge in [-0.15, -0.1) is 0 Å². The lowest BCUT2D eigenvalue weighted by molar-refractivity contribution is -0.168. The van der Waals surface area contributed by atoms with Crippen molar-refractivity contribution in [1.29, 1.82) is 0 Å². The van der Waals surface area contributed by atoms with Crippen LogP contribution in [0.15, 0.2) is 22.7 Å². The van der Waals surface area contributed by atoms with Crippen LogP contribution in [0, 0.1) is 0 Å². The molecule has 0 aliphatic carbocycles. The van der Waals surface area contributed by atoms with Crippen LogP contribution in [0.25, 0.3) is 0 Å². The van der Waals surface area contributed by atoms with Gasteiger partial charge in [-0.05, 0) is 52.9 Å². The zero-order valence-corrected chi connectivity index (χ0v) is 12.6. The van der Waals surface area contributed by atoms with Crippen LogP contribution in [-0.2, 0) is 20.8 Å². The summed E-state index contributed by atoms with van der Waals surface area (Å²) < 4.78 is 22.4. The lowest BCUT2D eigenvalue weighted by Crippen LogP contribution is -2.21. The van der Waals surface area contributed by atoms with E-state index < -0.39 is 0 Å². The van der Waals surface area contributed by atoms with E-state index in [2.05, 4.69) is 15.9 Å². The third kappa shape index (κ3) is 4.76. The monoisotopic (exact) mass is 330 g/mol. The minimum Gasteiger partial charge on any atom is -0.466 e. The van der Waals surface area contributed by atoms with Gasteiger partial charge in [0.25, 0.3) is 0 Å². The van der Waals surface area contributed by atoms with E-state index in [4.69, 9.17) is 18.9 Å². The van der Waals surface area contributed by atoms with Gasteiger partial charge in [-0.1, -0.05) is 6.07 Å². The maximum absolute atomic E-state index is 5.74. The zero-order chi connectivity index (χ0) is 13.5. The highest BCUT2D eigenvalue weighted by Crippen LogP contribution is 2.26. The van der Waals surface area contributed by atoms with Crippen molar-refractivity contribution in [1.82, 2.24) is 0 Å². The van der Waals surface area contributed by atoms with Crippen LogP contribution in [0.3, 0.4) is 0 Å². The maximum Gasteiger partial charge on any atom is 0.188 e. The fourth-order valence-corrected chi connectivity index (χ4v) is 2.45. The van der Waals surface area contributed by atoms with E-state index in [1.165, 1.54) is 6.42 Å². The van der Waals surface area contributed by atoms with Crippen molar-refractivity contribution in [2.45, 2.75) is 32.2 Å². The van der Waals surface area contributed by atoms with Crippen LogP contribution >= 0.6 is 15.9 Å². The Kier molecular flexibility index (Phi) is 6.10. The molecule has 0 saturated carbocycles. The largest absolute Gasteiger partial charge is 0.466 e. The first-order valence-corrected chi connectivity index (χ1v) is 7.22. The zero-order valence-electron chi connectivity index (χ0n) is 11.1. The van der Waals surface area contributed by atoms with E-state index in [0.717, 1.165) is 35.2 Å². The average Bonchev–Trinajstić information content (AvgIpc) is 2.45. The highest BCUT2D eigenvalue weighted by molar-refractivity contribution is 9.10. The SMILES string of the molecule is COCOc1ccc(COC2CCCCO2)cc1Br. The quantitative estimate of drug-likeness (QED) is 0.748. The van der Waals surface area contributed by atoms with Crippen molar-refractivity contribution in [3.63, 3.8) is 0 Å². The molecule has 106 valence electrons. The summed E-state index contributed by atoms with van der Waals surface area (Å²) >= 11 is 3.48. The van der Waals surface area contributed by atoms with Crippen molar-refractivity contribution >= 4 is 15.9 Å². The Labute approximate surface area is 122 Å². The van der Waals surface area contributed by atoms with Crippen LogP contribution in [0.1, 0.15) is 24.8 Å². The third-order valence-corrected chi connectivity index (χ3v) is 3.52. The summed E-state index contributed by atoms with van der Waals surface area (Å²) in [5, 5.41) is 0. The number of halogens is 1. The lowest BCUT2D eigenvalue weighted by Gasteiger charge is -2.22. The fraction of sp³-hybridized carbons (Fsp3) is 0.571. The first kappa shape index (κ1) is 14.8. The van der Waals surface area contributed by atoms with Crippen LogP contribution in [-0.4, -0.2) is 26.8 Å². The predicted molar refractivity (Wildman–Crippen MR) is 75.0 cm³/mol. The van der Waals surface area contributed by atoms with Gasteiger partial charge < -0.3 is 18.9 Å². The van der Waals surface area contributed by atoms with E-state index in [9.17, 15) is 0 Å². The molecule has 1 atom stereocenters.